The summed E-state index contributed by atoms with van der Waals surface area (Å²) in [6.07, 6.45) is 6.70. The van der Waals surface area contributed by atoms with Gasteiger partial charge in [-0.05, 0) is 25.9 Å². The van der Waals surface area contributed by atoms with Gasteiger partial charge in [0.15, 0.2) is 0 Å². The minimum Gasteiger partial charge on any atom is -0.351 e. The number of hydrogen-bond acceptors (Lipinski definition) is 5. The first-order chi connectivity index (χ1) is 10.3. The molecule has 1 saturated heterocycles. The lowest BCUT2D eigenvalue weighted by Gasteiger charge is -2.33. The fourth-order valence-electron chi connectivity index (χ4n) is 2.50. The van der Waals surface area contributed by atoms with Gasteiger partial charge in [-0.3, -0.25) is 9.78 Å². The van der Waals surface area contributed by atoms with E-state index in [4.69, 9.17) is 0 Å². The fraction of sp³-hybridized carbons (Fsp3) is 0.667. The number of nitrogens with zero attached hydrogens (tertiary/aromatic N) is 4. The number of piperazine rings is 1. The van der Waals surface area contributed by atoms with Gasteiger partial charge in [0.2, 0.25) is 0 Å². The minimum atomic E-state index is -0.139. The molecule has 116 valence electrons. The number of rotatable bonds is 7. The van der Waals surface area contributed by atoms with Crippen LogP contribution in [-0.4, -0.2) is 71.5 Å². The van der Waals surface area contributed by atoms with Gasteiger partial charge in [-0.25, -0.2) is 4.98 Å². The quantitative estimate of drug-likeness (QED) is 0.746. The highest BCUT2D eigenvalue weighted by Gasteiger charge is 2.14. The van der Waals surface area contributed by atoms with Crippen LogP contribution in [-0.2, 0) is 0 Å². The number of hydrogen-bond donors (Lipinski definition) is 1. The molecule has 1 amide bonds. The van der Waals surface area contributed by atoms with E-state index >= 15 is 0 Å². The fourth-order valence-corrected chi connectivity index (χ4v) is 2.50. The average Bonchev–Trinajstić information content (AvgIpc) is 2.55. The zero-order valence-corrected chi connectivity index (χ0v) is 12.8. The third kappa shape index (κ3) is 5.40. The van der Waals surface area contributed by atoms with Crippen LogP contribution in [0.1, 0.15) is 30.3 Å². The van der Waals surface area contributed by atoms with E-state index < -0.39 is 0 Å². The van der Waals surface area contributed by atoms with E-state index in [0.29, 0.717) is 12.2 Å². The molecule has 2 heterocycles. The largest absolute Gasteiger partial charge is 0.351 e. The molecule has 1 aromatic rings. The predicted molar refractivity (Wildman–Crippen MR) is 82.2 cm³/mol. The van der Waals surface area contributed by atoms with Crippen molar-refractivity contribution in [3.8, 4) is 0 Å². The molecule has 21 heavy (non-hydrogen) atoms. The summed E-state index contributed by atoms with van der Waals surface area (Å²) >= 11 is 0. The van der Waals surface area contributed by atoms with Crippen molar-refractivity contribution >= 4 is 5.91 Å². The van der Waals surface area contributed by atoms with E-state index in [1.165, 1.54) is 38.6 Å². The number of unbranched alkanes of at least 4 members (excludes halogenated alkanes) is 1. The Balaban J connectivity index is 1.53. The molecule has 6 heteroatoms. The van der Waals surface area contributed by atoms with Crippen molar-refractivity contribution in [1.82, 2.24) is 25.1 Å². The van der Waals surface area contributed by atoms with E-state index in [2.05, 4.69) is 32.0 Å². The summed E-state index contributed by atoms with van der Waals surface area (Å²) in [4.78, 5) is 24.6. The van der Waals surface area contributed by atoms with Crippen LogP contribution in [0.5, 0.6) is 0 Å². The molecule has 0 unspecified atom stereocenters. The molecule has 2 rings (SSSR count). The van der Waals surface area contributed by atoms with Gasteiger partial charge in [-0.15, -0.1) is 0 Å². The first-order valence-corrected chi connectivity index (χ1v) is 7.78. The molecule has 1 aliphatic rings. The number of carbonyl (C=O) groups excluding carboxylic acids is 1. The van der Waals surface area contributed by atoms with Crippen molar-refractivity contribution in [2.75, 3.05) is 45.8 Å². The van der Waals surface area contributed by atoms with Crippen LogP contribution in [0.3, 0.4) is 0 Å². The molecular formula is C15H25N5O. The Labute approximate surface area is 126 Å². The molecule has 0 saturated carbocycles. The van der Waals surface area contributed by atoms with Crippen LogP contribution in [0.4, 0.5) is 0 Å². The van der Waals surface area contributed by atoms with Crippen molar-refractivity contribution < 1.29 is 4.79 Å². The van der Waals surface area contributed by atoms with E-state index in [9.17, 15) is 4.79 Å². The monoisotopic (exact) mass is 291 g/mol. The second-order valence-corrected chi connectivity index (χ2v) is 5.33. The zero-order chi connectivity index (χ0) is 14.9. The Kier molecular flexibility index (Phi) is 6.56. The Bertz CT molecular complexity index is 417. The highest BCUT2D eigenvalue weighted by atomic mass is 16.1. The standard InChI is InChI=1S/C15H25N5O/c1-2-19-9-11-20(12-10-19)8-4-3-5-18-15(21)14-13-16-6-7-17-14/h6-7,13H,2-5,8-12H2,1H3,(H,18,21). The Morgan fingerprint density at radius 1 is 1.19 bits per heavy atom. The summed E-state index contributed by atoms with van der Waals surface area (Å²) in [5.41, 5.74) is 0.383. The van der Waals surface area contributed by atoms with Crippen molar-refractivity contribution in [3.63, 3.8) is 0 Å². The van der Waals surface area contributed by atoms with Gasteiger partial charge in [0.25, 0.3) is 5.91 Å². The first-order valence-electron chi connectivity index (χ1n) is 7.78. The summed E-state index contributed by atoms with van der Waals surface area (Å²) in [6.45, 7) is 9.89. The number of likely N-dealkylation sites (N-methyl/N-ethyl adjacent to an activating group) is 1. The maximum absolute atomic E-state index is 11.7. The maximum atomic E-state index is 11.7. The molecule has 1 fully saturated rings. The molecule has 1 aliphatic heterocycles. The van der Waals surface area contributed by atoms with E-state index in [0.717, 1.165) is 25.9 Å². The minimum absolute atomic E-state index is 0.139. The summed E-state index contributed by atoms with van der Waals surface area (Å²) in [5.74, 6) is -0.139. The highest BCUT2D eigenvalue weighted by molar-refractivity contribution is 5.91. The van der Waals surface area contributed by atoms with Crippen molar-refractivity contribution in [3.05, 3.63) is 24.3 Å². The zero-order valence-electron chi connectivity index (χ0n) is 12.8. The lowest BCUT2D eigenvalue weighted by atomic mass is 10.2. The summed E-state index contributed by atoms with van der Waals surface area (Å²) < 4.78 is 0. The predicted octanol–water partition coefficient (Wildman–Crippen LogP) is 0.624. The van der Waals surface area contributed by atoms with Crippen LogP contribution in [0.2, 0.25) is 0 Å². The lowest BCUT2D eigenvalue weighted by molar-refractivity contribution is 0.0946. The molecule has 1 aromatic heterocycles. The first kappa shape index (κ1) is 15.9. The topological polar surface area (TPSA) is 61.4 Å². The Morgan fingerprint density at radius 2 is 1.95 bits per heavy atom. The van der Waals surface area contributed by atoms with Gasteiger partial charge in [0.05, 0.1) is 6.20 Å². The number of carbonyl (C=O) groups is 1. The van der Waals surface area contributed by atoms with E-state index in [1.807, 2.05) is 0 Å². The summed E-state index contributed by atoms with van der Waals surface area (Å²) in [6, 6.07) is 0. The molecule has 6 nitrogen and oxygen atoms in total. The number of aromatic nitrogens is 2. The van der Waals surface area contributed by atoms with Gasteiger partial charge < -0.3 is 15.1 Å². The van der Waals surface area contributed by atoms with Gasteiger partial charge in [0.1, 0.15) is 5.69 Å². The van der Waals surface area contributed by atoms with Gasteiger partial charge in [0, 0.05) is 45.1 Å². The van der Waals surface area contributed by atoms with Gasteiger partial charge in [-0.2, -0.15) is 0 Å². The average molecular weight is 291 g/mol. The SMILES string of the molecule is CCN1CCN(CCCCNC(=O)c2cnccn2)CC1. The van der Waals surface area contributed by atoms with Crippen LogP contribution >= 0.6 is 0 Å². The third-order valence-electron chi connectivity index (χ3n) is 3.89. The molecule has 0 spiro atoms. The normalized spacial score (nSPS) is 16.8. The summed E-state index contributed by atoms with van der Waals surface area (Å²) in [7, 11) is 0. The van der Waals surface area contributed by atoms with Crippen LogP contribution in [0.15, 0.2) is 18.6 Å². The lowest BCUT2D eigenvalue weighted by Crippen LogP contribution is -2.46. The number of nitrogens with one attached hydrogen (secondary N) is 1. The third-order valence-corrected chi connectivity index (χ3v) is 3.89. The number of amides is 1. The Hall–Kier alpha value is -1.53. The van der Waals surface area contributed by atoms with Crippen LogP contribution in [0.25, 0.3) is 0 Å². The van der Waals surface area contributed by atoms with Crippen molar-refractivity contribution in [2.24, 2.45) is 0 Å². The molecule has 0 aromatic carbocycles. The van der Waals surface area contributed by atoms with Gasteiger partial charge in [-0.1, -0.05) is 6.92 Å². The van der Waals surface area contributed by atoms with E-state index in [-0.39, 0.29) is 5.91 Å². The van der Waals surface area contributed by atoms with Crippen molar-refractivity contribution in [2.45, 2.75) is 19.8 Å². The van der Waals surface area contributed by atoms with Crippen LogP contribution in [0, 0.1) is 0 Å². The summed E-state index contributed by atoms with van der Waals surface area (Å²) in [5, 5.41) is 2.88. The maximum Gasteiger partial charge on any atom is 0.271 e. The van der Waals surface area contributed by atoms with Gasteiger partial charge >= 0.3 is 0 Å². The molecule has 0 aliphatic carbocycles. The highest BCUT2D eigenvalue weighted by Crippen LogP contribution is 2.03. The second kappa shape index (κ2) is 8.69. The molecule has 0 atom stereocenters. The molecular weight excluding hydrogens is 266 g/mol. The van der Waals surface area contributed by atoms with Crippen LogP contribution < -0.4 is 5.32 Å². The molecule has 0 radical (unpaired) electrons. The smallest absolute Gasteiger partial charge is 0.271 e. The molecule has 0 bridgehead atoms. The van der Waals surface area contributed by atoms with Crippen molar-refractivity contribution in [1.29, 1.82) is 0 Å². The van der Waals surface area contributed by atoms with E-state index in [1.54, 1.807) is 6.20 Å². The molecule has 1 N–H and O–H groups in total. The Morgan fingerprint density at radius 3 is 2.62 bits per heavy atom. The second-order valence-electron chi connectivity index (χ2n) is 5.33.